The number of fused-ring (bicyclic) bond motifs is 16. The van der Waals surface area contributed by atoms with Gasteiger partial charge in [0.1, 0.15) is 0 Å². The van der Waals surface area contributed by atoms with Crippen molar-refractivity contribution in [2.75, 3.05) is 4.90 Å². The zero-order valence-corrected chi connectivity index (χ0v) is 35.5. The van der Waals surface area contributed by atoms with Gasteiger partial charge < -0.3 is 9.47 Å². The molecule has 0 N–H and O–H groups in total. The second-order valence-corrected chi connectivity index (χ2v) is 17.6. The summed E-state index contributed by atoms with van der Waals surface area (Å²) in [6.45, 7) is 0. The number of anilines is 3. The zero-order valence-electron chi connectivity index (χ0n) is 35.5. The molecule has 0 fully saturated rings. The molecule has 1 heterocycles. The van der Waals surface area contributed by atoms with Crippen molar-refractivity contribution in [2.45, 2.75) is 5.41 Å². The molecule has 302 valence electrons. The molecule has 0 amide bonds. The molecular weight excluding hydrogens is 785 g/mol. The number of hydrogen-bond acceptors (Lipinski definition) is 1. The second-order valence-electron chi connectivity index (χ2n) is 17.6. The summed E-state index contributed by atoms with van der Waals surface area (Å²) in [7, 11) is 0. The minimum atomic E-state index is -0.413. The monoisotopic (exact) mass is 824 g/mol. The van der Waals surface area contributed by atoms with E-state index in [0.717, 1.165) is 22.7 Å². The van der Waals surface area contributed by atoms with Gasteiger partial charge in [-0.05, 0) is 144 Å². The van der Waals surface area contributed by atoms with Crippen LogP contribution in [-0.4, -0.2) is 4.57 Å². The fraction of sp³-hybridized carbons (Fsp3) is 0.0159. The van der Waals surface area contributed by atoms with E-state index in [0.29, 0.717) is 0 Å². The molecule has 65 heavy (non-hydrogen) atoms. The number of para-hydroxylation sites is 1. The summed E-state index contributed by atoms with van der Waals surface area (Å²) in [6.07, 6.45) is 0. The zero-order chi connectivity index (χ0) is 42.6. The van der Waals surface area contributed by atoms with Crippen LogP contribution < -0.4 is 4.90 Å². The molecular formula is C63H40N2. The quantitative estimate of drug-likeness (QED) is 0.168. The van der Waals surface area contributed by atoms with E-state index in [-0.39, 0.29) is 0 Å². The van der Waals surface area contributed by atoms with Crippen molar-refractivity contribution in [1.29, 1.82) is 0 Å². The van der Waals surface area contributed by atoms with E-state index in [4.69, 9.17) is 0 Å². The van der Waals surface area contributed by atoms with E-state index in [1.165, 1.54) is 99.0 Å². The third kappa shape index (κ3) is 5.11. The van der Waals surface area contributed by atoms with Gasteiger partial charge in [-0.2, -0.15) is 0 Å². The molecule has 14 rings (SSSR count). The molecule has 12 aromatic rings. The van der Waals surface area contributed by atoms with Crippen molar-refractivity contribution in [1.82, 2.24) is 4.57 Å². The Morgan fingerprint density at radius 1 is 0.323 bits per heavy atom. The van der Waals surface area contributed by atoms with Crippen molar-refractivity contribution >= 4 is 60.4 Å². The standard InChI is InChI=1S/C63H40N2/c1-2-18-47(19-3-1)65-59-36-30-46(43-26-31-48(32-27-43)64(49-33-28-41-14-4-6-16-44(41)38-49)50-34-29-42-15-5-7-17-45(42)39-50)40-54(59)62-60(65)37-35-58-61(62)53-22-10-13-25-57(53)63(58)55-23-11-8-20-51(55)52-21-9-12-24-56(52)63/h1-40H. The van der Waals surface area contributed by atoms with E-state index in [2.05, 4.69) is 252 Å². The Morgan fingerprint density at radius 3 is 1.45 bits per heavy atom. The normalized spacial score (nSPS) is 13.0. The number of aromatic nitrogens is 1. The predicted molar refractivity (Wildman–Crippen MR) is 272 cm³/mol. The van der Waals surface area contributed by atoms with Crippen molar-refractivity contribution in [2.24, 2.45) is 0 Å². The molecule has 1 aromatic heterocycles. The number of hydrogen-bond donors (Lipinski definition) is 0. The SMILES string of the molecule is c1ccc(-n2c3ccc(-c4ccc(N(c5ccc6ccccc6c5)c5ccc6ccccc6c5)cc4)cc3c3c4c(ccc32)C2(c3ccccc3-c3ccccc32)c2ccccc2-4)cc1. The minimum Gasteiger partial charge on any atom is -0.310 e. The first-order valence-electron chi connectivity index (χ1n) is 22.6. The molecule has 2 aliphatic carbocycles. The number of rotatable bonds is 5. The molecule has 0 saturated carbocycles. The van der Waals surface area contributed by atoms with Crippen LogP contribution in [0.1, 0.15) is 22.3 Å². The van der Waals surface area contributed by atoms with Gasteiger partial charge in [-0.25, -0.2) is 0 Å². The van der Waals surface area contributed by atoms with Gasteiger partial charge in [-0.3, -0.25) is 0 Å². The summed E-state index contributed by atoms with van der Waals surface area (Å²) in [5.41, 5.74) is 19.6. The molecule has 11 aromatic carbocycles. The van der Waals surface area contributed by atoms with Crippen LogP contribution in [-0.2, 0) is 5.41 Å². The van der Waals surface area contributed by atoms with Crippen molar-refractivity contribution < 1.29 is 0 Å². The predicted octanol–water partition coefficient (Wildman–Crippen LogP) is 16.6. The van der Waals surface area contributed by atoms with Gasteiger partial charge in [0.25, 0.3) is 0 Å². The summed E-state index contributed by atoms with van der Waals surface area (Å²) in [5.74, 6) is 0. The minimum absolute atomic E-state index is 0.413. The van der Waals surface area contributed by atoms with E-state index in [1.54, 1.807) is 0 Å². The Bertz CT molecular complexity index is 3770. The summed E-state index contributed by atoms with van der Waals surface area (Å²) in [5, 5.41) is 7.45. The Hall–Kier alpha value is -8.46. The number of nitrogens with zero attached hydrogens (tertiary/aromatic N) is 2. The topological polar surface area (TPSA) is 8.17 Å². The maximum Gasteiger partial charge on any atom is 0.0725 e. The van der Waals surface area contributed by atoms with E-state index in [9.17, 15) is 0 Å². The van der Waals surface area contributed by atoms with Gasteiger partial charge in [0, 0.05) is 33.5 Å². The molecule has 0 bridgehead atoms. The molecule has 2 aliphatic rings. The van der Waals surface area contributed by atoms with Crippen molar-refractivity contribution in [3.8, 4) is 39.1 Å². The van der Waals surface area contributed by atoms with Gasteiger partial charge >= 0.3 is 0 Å². The van der Waals surface area contributed by atoms with Crippen LogP contribution in [0.4, 0.5) is 17.1 Å². The maximum atomic E-state index is 2.47. The Labute approximate surface area is 377 Å². The average molecular weight is 825 g/mol. The highest BCUT2D eigenvalue weighted by Gasteiger charge is 2.52. The lowest BCUT2D eigenvalue weighted by Crippen LogP contribution is -2.25. The number of benzene rings is 11. The highest BCUT2D eigenvalue weighted by atomic mass is 15.1. The fourth-order valence-corrected chi connectivity index (χ4v) is 11.6. The lowest BCUT2D eigenvalue weighted by Gasteiger charge is -2.30. The first-order chi connectivity index (χ1) is 32.2. The van der Waals surface area contributed by atoms with E-state index in [1.807, 2.05) is 0 Å². The van der Waals surface area contributed by atoms with Crippen LogP contribution >= 0.6 is 0 Å². The van der Waals surface area contributed by atoms with Gasteiger partial charge in [-0.15, -0.1) is 0 Å². The Morgan fingerprint density at radius 2 is 0.815 bits per heavy atom. The van der Waals surface area contributed by atoms with Gasteiger partial charge in [-0.1, -0.05) is 176 Å². The van der Waals surface area contributed by atoms with Crippen LogP contribution in [0.25, 0.3) is 82.4 Å². The first-order valence-corrected chi connectivity index (χ1v) is 22.6. The van der Waals surface area contributed by atoms with Gasteiger partial charge in [0.15, 0.2) is 0 Å². The molecule has 0 saturated heterocycles. The molecule has 0 unspecified atom stereocenters. The Kier molecular flexibility index (Phi) is 7.64. The smallest absolute Gasteiger partial charge is 0.0725 e. The summed E-state index contributed by atoms with van der Waals surface area (Å²) >= 11 is 0. The van der Waals surface area contributed by atoms with Crippen LogP contribution in [0.2, 0.25) is 0 Å². The van der Waals surface area contributed by atoms with Crippen LogP contribution in [0, 0.1) is 0 Å². The van der Waals surface area contributed by atoms with Gasteiger partial charge in [0.05, 0.1) is 16.4 Å². The van der Waals surface area contributed by atoms with Crippen LogP contribution in [0.3, 0.4) is 0 Å². The van der Waals surface area contributed by atoms with Crippen LogP contribution in [0.5, 0.6) is 0 Å². The fourth-order valence-electron chi connectivity index (χ4n) is 11.6. The molecule has 0 atom stereocenters. The first kappa shape index (κ1) is 36.1. The third-order valence-corrected chi connectivity index (χ3v) is 14.3. The van der Waals surface area contributed by atoms with E-state index >= 15 is 0 Å². The van der Waals surface area contributed by atoms with Crippen LogP contribution in [0.15, 0.2) is 243 Å². The average Bonchev–Trinajstić information content (AvgIpc) is 3.98. The molecule has 1 spiro atoms. The lowest BCUT2D eigenvalue weighted by atomic mass is 9.70. The van der Waals surface area contributed by atoms with Gasteiger partial charge in [0.2, 0.25) is 0 Å². The Balaban J connectivity index is 0.976. The second kappa shape index (κ2) is 13.8. The molecule has 0 aliphatic heterocycles. The van der Waals surface area contributed by atoms with Crippen molar-refractivity contribution in [3.63, 3.8) is 0 Å². The molecule has 2 heteroatoms. The molecule has 0 radical (unpaired) electrons. The summed E-state index contributed by atoms with van der Waals surface area (Å²) in [4.78, 5) is 2.38. The largest absolute Gasteiger partial charge is 0.310 e. The highest BCUT2D eigenvalue weighted by molar-refractivity contribution is 6.19. The lowest BCUT2D eigenvalue weighted by molar-refractivity contribution is 0.794. The molecule has 2 nitrogen and oxygen atoms in total. The van der Waals surface area contributed by atoms with Crippen molar-refractivity contribution in [3.05, 3.63) is 265 Å². The maximum absolute atomic E-state index is 2.47. The summed E-state index contributed by atoms with van der Waals surface area (Å²) in [6, 6.07) is 90.0. The highest BCUT2D eigenvalue weighted by Crippen LogP contribution is 2.64. The van der Waals surface area contributed by atoms with E-state index < -0.39 is 5.41 Å². The third-order valence-electron chi connectivity index (χ3n) is 14.3. The summed E-state index contributed by atoms with van der Waals surface area (Å²) < 4.78 is 2.47.